The lowest BCUT2D eigenvalue weighted by Gasteiger charge is -2.27. The van der Waals surface area contributed by atoms with Gasteiger partial charge in [0, 0.05) is 0 Å². The van der Waals surface area contributed by atoms with Crippen molar-refractivity contribution in [2.75, 3.05) is 0 Å². The largest absolute Gasteiger partial charge is 0.349 e. The zero-order chi connectivity index (χ0) is 9.42. The third kappa shape index (κ3) is 1.39. The van der Waals surface area contributed by atoms with Crippen LogP contribution in [0.5, 0.6) is 0 Å². The lowest BCUT2D eigenvalue weighted by molar-refractivity contribution is -0.190. The molecule has 1 heterocycles. The van der Waals surface area contributed by atoms with E-state index in [2.05, 4.69) is 5.32 Å². The van der Waals surface area contributed by atoms with E-state index in [0.717, 1.165) is 24.3 Å². The molecule has 1 aliphatic heterocycles. The average Bonchev–Trinajstić information content (AvgIpc) is 2.21. The number of hydrogen-bond acceptors (Lipinski definition) is 3. The van der Waals surface area contributed by atoms with E-state index in [0.29, 0.717) is 0 Å². The van der Waals surface area contributed by atoms with Gasteiger partial charge in [-0.05, 0) is 26.2 Å². The number of hydrogen-bond donors (Lipinski definition) is 1. The summed E-state index contributed by atoms with van der Waals surface area (Å²) in [4.78, 5) is 27.7. The van der Waals surface area contributed by atoms with Gasteiger partial charge < -0.3 is 5.32 Å². The van der Waals surface area contributed by atoms with Crippen LogP contribution in [0.15, 0.2) is 0 Å². The number of carbonyl (C=O) groups excluding carboxylic acids is 2. The second kappa shape index (κ2) is 2.99. The normalized spacial score (nSPS) is 29.0. The molecule has 0 aromatic carbocycles. The van der Waals surface area contributed by atoms with Gasteiger partial charge in [0.2, 0.25) is 0 Å². The quantitative estimate of drug-likeness (QED) is 0.632. The first-order valence-electron chi connectivity index (χ1n) is 4.49. The predicted octanol–water partition coefficient (Wildman–Crippen LogP) is 0.411. The van der Waals surface area contributed by atoms with E-state index in [1.165, 1.54) is 0 Å². The van der Waals surface area contributed by atoms with Crippen LogP contribution in [-0.4, -0.2) is 29.1 Å². The first-order valence-corrected chi connectivity index (χ1v) is 4.49. The molecule has 1 aliphatic carbocycles. The molecule has 3 amide bonds. The molecule has 5 nitrogen and oxygen atoms in total. The number of hydroxylamine groups is 2. The average molecular weight is 184 g/mol. The molecule has 13 heavy (non-hydrogen) atoms. The first kappa shape index (κ1) is 8.50. The number of imide groups is 1. The Balaban J connectivity index is 1.96. The Kier molecular flexibility index (Phi) is 1.95. The van der Waals surface area contributed by atoms with Gasteiger partial charge >= 0.3 is 6.03 Å². The predicted molar refractivity (Wildman–Crippen MR) is 43.6 cm³/mol. The van der Waals surface area contributed by atoms with E-state index in [1.54, 1.807) is 6.92 Å². The minimum atomic E-state index is -0.451. The Labute approximate surface area is 76.0 Å². The van der Waals surface area contributed by atoms with Crippen molar-refractivity contribution in [3.05, 3.63) is 0 Å². The highest BCUT2D eigenvalue weighted by molar-refractivity contribution is 6.02. The maximum atomic E-state index is 11.3. The van der Waals surface area contributed by atoms with E-state index < -0.39 is 12.1 Å². The first-order chi connectivity index (χ1) is 6.18. The summed E-state index contributed by atoms with van der Waals surface area (Å²) in [6, 6.07) is -0.892. The molecule has 1 saturated carbocycles. The lowest BCUT2D eigenvalue weighted by Crippen LogP contribution is -2.38. The van der Waals surface area contributed by atoms with Crippen molar-refractivity contribution < 1.29 is 14.4 Å². The third-order valence-electron chi connectivity index (χ3n) is 2.40. The van der Waals surface area contributed by atoms with Gasteiger partial charge in [-0.25, -0.2) is 4.79 Å². The van der Waals surface area contributed by atoms with Gasteiger partial charge in [-0.15, -0.1) is 5.06 Å². The molecule has 0 aromatic rings. The van der Waals surface area contributed by atoms with Gasteiger partial charge in [0.1, 0.15) is 6.04 Å². The fourth-order valence-electron chi connectivity index (χ4n) is 1.31. The fraction of sp³-hybridized carbons (Fsp3) is 0.750. The van der Waals surface area contributed by atoms with Crippen molar-refractivity contribution in [3.63, 3.8) is 0 Å². The number of amides is 3. The molecule has 5 heteroatoms. The zero-order valence-electron chi connectivity index (χ0n) is 7.45. The van der Waals surface area contributed by atoms with Crippen LogP contribution in [0.25, 0.3) is 0 Å². The lowest BCUT2D eigenvalue weighted by atomic mass is 9.97. The summed E-state index contributed by atoms with van der Waals surface area (Å²) in [5.41, 5.74) is 0. The number of carbonyl (C=O) groups is 2. The second-order valence-corrected chi connectivity index (χ2v) is 3.46. The highest BCUT2D eigenvalue weighted by Gasteiger charge is 2.38. The Morgan fingerprint density at radius 2 is 2.15 bits per heavy atom. The van der Waals surface area contributed by atoms with Crippen molar-refractivity contribution in [2.24, 2.45) is 0 Å². The summed E-state index contributed by atoms with van der Waals surface area (Å²) < 4.78 is 0. The van der Waals surface area contributed by atoms with Crippen molar-refractivity contribution in [1.29, 1.82) is 0 Å². The fourth-order valence-corrected chi connectivity index (χ4v) is 1.31. The monoisotopic (exact) mass is 184 g/mol. The van der Waals surface area contributed by atoms with Crippen LogP contribution in [-0.2, 0) is 9.63 Å². The second-order valence-electron chi connectivity index (χ2n) is 3.46. The standard InChI is InChI=1S/C8H12N2O3/c1-5-7(11)10(8(12)9-5)13-6-3-2-4-6/h5-6H,2-4H2,1H3,(H,9,12). The Hall–Kier alpha value is -1.10. The molecule has 72 valence electrons. The highest BCUT2D eigenvalue weighted by atomic mass is 16.7. The van der Waals surface area contributed by atoms with Crippen LogP contribution in [0, 0.1) is 0 Å². The molecule has 2 fully saturated rings. The van der Waals surface area contributed by atoms with E-state index in [-0.39, 0.29) is 12.0 Å². The molecule has 2 rings (SSSR count). The topological polar surface area (TPSA) is 58.6 Å². The molecular formula is C8H12N2O3. The summed E-state index contributed by atoms with van der Waals surface area (Å²) >= 11 is 0. The van der Waals surface area contributed by atoms with E-state index >= 15 is 0 Å². The molecule has 0 aromatic heterocycles. The molecule has 0 spiro atoms. The van der Waals surface area contributed by atoms with E-state index in [9.17, 15) is 9.59 Å². The molecule has 2 aliphatic rings. The summed E-state index contributed by atoms with van der Waals surface area (Å²) in [5.74, 6) is -0.295. The highest BCUT2D eigenvalue weighted by Crippen LogP contribution is 2.24. The van der Waals surface area contributed by atoms with Gasteiger partial charge in [0.05, 0.1) is 6.10 Å². The van der Waals surface area contributed by atoms with Crippen LogP contribution in [0.4, 0.5) is 4.79 Å². The van der Waals surface area contributed by atoms with Crippen LogP contribution < -0.4 is 5.32 Å². The smallest absolute Gasteiger partial charge is 0.324 e. The van der Waals surface area contributed by atoms with Crippen LogP contribution >= 0.6 is 0 Å². The SMILES string of the molecule is CC1NC(=O)N(OC2CCC2)C1=O. The van der Waals surface area contributed by atoms with Crippen LogP contribution in [0.3, 0.4) is 0 Å². The molecule has 1 N–H and O–H groups in total. The number of nitrogens with one attached hydrogen (secondary N) is 1. The van der Waals surface area contributed by atoms with Gasteiger partial charge in [-0.1, -0.05) is 0 Å². The summed E-state index contributed by atoms with van der Waals surface area (Å²) in [6.45, 7) is 1.64. The zero-order valence-corrected chi connectivity index (χ0v) is 7.45. The third-order valence-corrected chi connectivity index (χ3v) is 2.40. The van der Waals surface area contributed by atoms with Crippen molar-refractivity contribution in [2.45, 2.75) is 38.3 Å². The van der Waals surface area contributed by atoms with E-state index in [1.807, 2.05) is 0 Å². The van der Waals surface area contributed by atoms with Crippen molar-refractivity contribution in [1.82, 2.24) is 10.4 Å². The number of urea groups is 1. The molecular weight excluding hydrogens is 172 g/mol. The minimum Gasteiger partial charge on any atom is -0.324 e. The van der Waals surface area contributed by atoms with Crippen LogP contribution in [0.2, 0.25) is 0 Å². The van der Waals surface area contributed by atoms with Crippen LogP contribution in [0.1, 0.15) is 26.2 Å². The number of nitrogens with zero attached hydrogens (tertiary/aromatic N) is 1. The molecule has 1 atom stereocenters. The van der Waals surface area contributed by atoms with Crippen molar-refractivity contribution in [3.8, 4) is 0 Å². The maximum absolute atomic E-state index is 11.3. The number of rotatable bonds is 2. The molecule has 1 unspecified atom stereocenters. The summed E-state index contributed by atoms with van der Waals surface area (Å²) in [6.07, 6.45) is 3.04. The summed E-state index contributed by atoms with van der Waals surface area (Å²) in [5, 5.41) is 3.34. The Morgan fingerprint density at radius 3 is 2.54 bits per heavy atom. The minimum absolute atomic E-state index is 0.0556. The Bertz CT molecular complexity index is 250. The van der Waals surface area contributed by atoms with Gasteiger partial charge in [0.25, 0.3) is 5.91 Å². The van der Waals surface area contributed by atoms with Crippen molar-refractivity contribution >= 4 is 11.9 Å². The maximum Gasteiger partial charge on any atom is 0.349 e. The Morgan fingerprint density at radius 1 is 1.46 bits per heavy atom. The van der Waals surface area contributed by atoms with Gasteiger partial charge in [0.15, 0.2) is 0 Å². The summed E-state index contributed by atoms with van der Waals surface area (Å²) in [7, 11) is 0. The molecule has 0 radical (unpaired) electrons. The van der Waals surface area contributed by atoms with Gasteiger partial charge in [-0.3, -0.25) is 9.63 Å². The molecule has 0 bridgehead atoms. The molecule has 1 saturated heterocycles. The van der Waals surface area contributed by atoms with E-state index in [4.69, 9.17) is 4.84 Å². The van der Waals surface area contributed by atoms with Gasteiger partial charge in [-0.2, -0.15) is 0 Å².